The molecule has 202 valence electrons. The minimum Gasteiger partial charge on any atom is -0.375 e. The molecule has 4 aromatic rings. The first-order valence-electron chi connectivity index (χ1n) is 13.2. The third kappa shape index (κ3) is 3.82. The van der Waals surface area contributed by atoms with Gasteiger partial charge >= 0.3 is 6.03 Å². The normalized spacial score (nSPS) is 18.8. The molecule has 0 radical (unpaired) electrons. The summed E-state index contributed by atoms with van der Waals surface area (Å²) in [6.07, 6.45) is 5.58. The first-order valence-corrected chi connectivity index (χ1v) is 13.2. The summed E-state index contributed by atoms with van der Waals surface area (Å²) in [6.45, 7) is 0.774. The highest BCUT2D eigenvalue weighted by atomic mass is 19.3. The van der Waals surface area contributed by atoms with Gasteiger partial charge in [-0.1, -0.05) is 6.07 Å². The van der Waals surface area contributed by atoms with Crippen LogP contribution in [0.15, 0.2) is 48.9 Å². The monoisotopic (exact) mass is 541 g/mol. The number of halogens is 2. The van der Waals surface area contributed by atoms with Crippen molar-refractivity contribution in [3.8, 4) is 6.07 Å². The largest absolute Gasteiger partial charge is 0.375 e. The van der Waals surface area contributed by atoms with Gasteiger partial charge in [-0.15, -0.1) is 0 Å². The van der Waals surface area contributed by atoms with E-state index in [1.807, 2.05) is 39.6 Å². The van der Waals surface area contributed by atoms with Crippen LogP contribution in [0.2, 0.25) is 0 Å². The number of nitriles is 1. The number of nitrogens with zero attached hydrogens (tertiary/aromatic N) is 6. The van der Waals surface area contributed by atoms with E-state index >= 15 is 0 Å². The van der Waals surface area contributed by atoms with Crippen LogP contribution in [0.5, 0.6) is 0 Å². The lowest BCUT2D eigenvalue weighted by molar-refractivity contribution is -0.112. The topological polar surface area (TPSA) is 98.7 Å². The molecule has 0 bridgehead atoms. The molecule has 40 heavy (non-hydrogen) atoms. The van der Waals surface area contributed by atoms with Gasteiger partial charge in [0.15, 0.2) is 5.78 Å². The number of likely N-dealkylation sites (tertiary alicyclic amines) is 1. The Kier molecular flexibility index (Phi) is 5.42. The number of pyridine rings is 1. The molecule has 0 atom stereocenters. The number of alkyl halides is 2. The molecule has 1 fully saturated rings. The second-order valence-electron chi connectivity index (χ2n) is 10.6. The molecule has 0 saturated carbocycles. The van der Waals surface area contributed by atoms with Gasteiger partial charge in [0.25, 0.3) is 5.92 Å². The summed E-state index contributed by atoms with van der Waals surface area (Å²) >= 11 is 0. The van der Waals surface area contributed by atoms with Crippen molar-refractivity contribution in [2.45, 2.75) is 31.9 Å². The predicted molar refractivity (Wildman–Crippen MR) is 143 cm³/mol. The number of piperidine rings is 1. The Hall–Kier alpha value is -4.72. The van der Waals surface area contributed by atoms with E-state index < -0.39 is 18.5 Å². The Morgan fingerprint density at radius 2 is 2.02 bits per heavy atom. The van der Waals surface area contributed by atoms with Crippen LogP contribution in [0, 0.1) is 11.3 Å². The lowest BCUT2D eigenvalue weighted by Crippen LogP contribution is -2.51. The fourth-order valence-electron chi connectivity index (χ4n) is 6.20. The van der Waals surface area contributed by atoms with E-state index in [0.29, 0.717) is 42.0 Å². The second kappa shape index (κ2) is 8.91. The van der Waals surface area contributed by atoms with Crippen molar-refractivity contribution >= 4 is 39.6 Å². The molecular weight excluding hydrogens is 516 g/mol. The van der Waals surface area contributed by atoms with E-state index in [1.54, 1.807) is 23.2 Å². The van der Waals surface area contributed by atoms with Crippen molar-refractivity contribution in [2.24, 2.45) is 0 Å². The lowest BCUT2D eigenvalue weighted by atomic mass is 9.97. The molecule has 7 rings (SSSR count). The third-order valence-corrected chi connectivity index (χ3v) is 7.98. The van der Waals surface area contributed by atoms with Crippen molar-refractivity contribution in [2.75, 3.05) is 26.2 Å². The zero-order valence-corrected chi connectivity index (χ0v) is 21.5. The number of imidazole rings is 1. The summed E-state index contributed by atoms with van der Waals surface area (Å²) in [7, 11) is 0. The van der Waals surface area contributed by atoms with Gasteiger partial charge in [-0.05, 0) is 36.2 Å². The molecule has 1 saturated heterocycles. The van der Waals surface area contributed by atoms with Crippen molar-refractivity contribution in [1.82, 2.24) is 29.1 Å². The van der Waals surface area contributed by atoms with Crippen LogP contribution in [0.3, 0.4) is 0 Å². The van der Waals surface area contributed by atoms with Crippen LogP contribution in [0.25, 0.3) is 27.8 Å². The number of benzene rings is 1. The van der Waals surface area contributed by atoms with E-state index in [1.165, 1.54) is 4.90 Å². The maximum Gasteiger partial charge on any atom is 0.320 e. The molecule has 0 unspecified atom stereocenters. The zero-order valence-electron chi connectivity index (χ0n) is 21.5. The van der Waals surface area contributed by atoms with Crippen LogP contribution < -0.4 is 5.32 Å². The first kappa shape index (κ1) is 24.3. The minimum atomic E-state index is -2.89. The second-order valence-corrected chi connectivity index (χ2v) is 10.6. The number of carbonyl (C=O) groups excluding carboxylic acids is 2. The van der Waals surface area contributed by atoms with Gasteiger partial charge in [0.2, 0.25) is 0 Å². The quantitative estimate of drug-likeness (QED) is 0.416. The van der Waals surface area contributed by atoms with Gasteiger partial charge in [0.1, 0.15) is 5.65 Å². The SMILES string of the molecule is N#Cc1cc2c3c(c1)c(C1=C(c4cnc5ccccn45)NCC1=O)cn3CCN(C(=O)N1CCCC(F)(F)C1)C2. The minimum absolute atomic E-state index is 0.0660. The Morgan fingerprint density at radius 3 is 2.85 bits per heavy atom. The number of rotatable bonds is 2. The molecule has 6 heterocycles. The van der Waals surface area contributed by atoms with Gasteiger partial charge in [-0.3, -0.25) is 9.20 Å². The molecule has 3 aliphatic heterocycles. The van der Waals surface area contributed by atoms with Crippen LogP contribution in [0.1, 0.15) is 35.2 Å². The number of fused-ring (bicyclic) bond motifs is 1. The maximum absolute atomic E-state index is 14.1. The molecule has 11 heteroatoms. The summed E-state index contributed by atoms with van der Waals surface area (Å²) in [4.78, 5) is 33.9. The molecule has 1 N–H and O–H groups in total. The smallest absolute Gasteiger partial charge is 0.320 e. The maximum atomic E-state index is 14.1. The lowest BCUT2D eigenvalue weighted by Gasteiger charge is -2.36. The van der Waals surface area contributed by atoms with Gasteiger partial charge in [-0.25, -0.2) is 18.6 Å². The average Bonchev–Trinajstić information content (AvgIpc) is 3.60. The number of hydrogen-bond acceptors (Lipinski definition) is 5. The van der Waals surface area contributed by atoms with Gasteiger partial charge in [0, 0.05) is 55.9 Å². The van der Waals surface area contributed by atoms with Gasteiger partial charge in [-0.2, -0.15) is 5.26 Å². The Morgan fingerprint density at radius 1 is 1.15 bits per heavy atom. The van der Waals surface area contributed by atoms with Crippen LogP contribution in [-0.2, 0) is 17.9 Å². The number of ketones is 1. The molecule has 0 spiro atoms. The Balaban J connectivity index is 1.33. The number of Topliss-reactive ketones (excluding diaryl/α,β-unsaturated/α-hetero) is 1. The van der Waals surface area contributed by atoms with Crippen LogP contribution in [0.4, 0.5) is 13.6 Å². The van der Waals surface area contributed by atoms with Crippen molar-refractivity contribution in [3.05, 3.63) is 71.3 Å². The summed E-state index contributed by atoms with van der Waals surface area (Å²) in [5, 5.41) is 13.8. The first-order chi connectivity index (χ1) is 19.3. The number of carbonyl (C=O) groups is 2. The van der Waals surface area contributed by atoms with Crippen LogP contribution >= 0.6 is 0 Å². The Bertz CT molecular complexity index is 1790. The Labute approximate surface area is 227 Å². The molecule has 9 nitrogen and oxygen atoms in total. The van der Waals surface area contributed by atoms with E-state index in [9.17, 15) is 23.6 Å². The van der Waals surface area contributed by atoms with Crippen molar-refractivity contribution in [1.29, 1.82) is 5.26 Å². The number of hydrogen-bond donors (Lipinski definition) is 1. The summed E-state index contributed by atoms with van der Waals surface area (Å²) in [5.74, 6) is -2.95. The average molecular weight is 542 g/mol. The molecule has 1 aromatic carbocycles. The number of amides is 2. The van der Waals surface area contributed by atoms with Gasteiger partial charge in [0.05, 0.1) is 53.4 Å². The predicted octanol–water partition coefficient (Wildman–Crippen LogP) is 3.87. The highest BCUT2D eigenvalue weighted by Crippen LogP contribution is 2.38. The zero-order chi connectivity index (χ0) is 27.6. The van der Waals surface area contributed by atoms with Crippen LogP contribution in [-0.4, -0.2) is 67.7 Å². The van der Waals surface area contributed by atoms with E-state index in [-0.39, 0.29) is 31.7 Å². The highest BCUT2D eigenvalue weighted by molar-refractivity contribution is 6.33. The molecule has 0 aliphatic carbocycles. The van der Waals surface area contributed by atoms with E-state index in [0.717, 1.165) is 27.8 Å². The molecular formula is C29H25F2N7O2. The fourth-order valence-corrected chi connectivity index (χ4v) is 6.20. The van der Waals surface area contributed by atoms with Crippen molar-refractivity contribution < 1.29 is 18.4 Å². The fraction of sp³-hybridized carbons (Fsp3) is 0.310. The standard InChI is InChI=1S/C29H25F2N7O2/c30-29(31)5-3-6-37(17-29)28(40)36-9-8-35-16-21(20-11-18(12-32)10-19(15-36)27(20)35)25-23(39)14-34-26(25)22-13-33-24-4-1-2-7-38(22)24/h1-2,4,7,10-11,13,16,34H,3,5-6,8-9,14-15,17H2. The summed E-state index contributed by atoms with van der Waals surface area (Å²) in [6, 6.07) is 11.0. The number of aromatic nitrogens is 3. The van der Waals surface area contributed by atoms with E-state index in [4.69, 9.17) is 0 Å². The van der Waals surface area contributed by atoms with Gasteiger partial charge < -0.3 is 19.7 Å². The molecule has 2 amide bonds. The number of nitrogens with one attached hydrogen (secondary N) is 1. The summed E-state index contributed by atoms with van der Waals surface area (Å²) < 4.78 is 32.0. The van der Waals surface area contributed by atoms with Crippen molar-refractivity contribution in [3.63, 3.8) is 0 Å². The summed E-state index contributed by atoms with van der Waals surface area (Å²) in [5.41, 5.74) is 5.40. The highest BCUT2D eigenvalue weighted by Gasteiger charge is 2.39. The molecule has 3 aromatic heterocycles. The van der Waals surface area contributed by atoms with E-state index in [2.05, 4.69) is 16.4 Å². The molecule has 3 aliphatic rings. The third-order valence-electron chi connectivity index (χ3n) is 7.98. The number of urea groups is 1.